The zero-order valence-corrected chi connectivity index (χ0v) is 30.2. The maximum atomic E-state index is 10.5. The number of unbranched alkanes of at least 4 members (excludes halogenated alkanes) is 2. The Hall–Kier alpha value is -3.13. The standard InChI is InChI=1S/C11H14.C10H13N.C10H14O.2C4H10.C2H6/c1-9-5-4-7-10-6-2-3-8-11(9)10;1-8(2)11-10-6-4-9(3)5-7-10;1-5-10(8(2)3)7-6-9(4)11;2*1-3-4-2;1-2/h2-3,6,8-9H,4-5,7H2,1H3;4-7,11H,1H2,2-3H3;5-7H,2H2,1,3-4H3;2*3-4H2,1-2H3;1-2H3/b;;7-6-,10-5-;;;. The Bertz CT molecular complexity index is 1030. The topological polar surface area (TPSA) is 29.1 Å². The molecule has 0 spiro atoms. The molecule has 242 valence electrons. The predicted molar refractivity (Wildman–Crippen MR) is 198 cm³/mol. The summed E-state index contributed by atoms with van der Waals surface area (Å²) in [5.41, 5.74) is 8.49. The molecule has 0 radical (unpaired) electrons. The maximum absolute atomic E-state index is 10.5. The van der Waals surface area contributed by atoms with Crippen molar-refractivity contribution < 1.29 is 4.79 Å². The van der Waals surface area contributed by atoms with E-state index in [4.69, 9.17) is 0 Å². The normalized spacial score (nSPS) is 12.8. The number of nitrogens with one attached hydrogen (secondary N) is 1. The van der Waals surface area contributed by atoms with E-state index in [9.17, 15) is 4.79 Å². The molecule has 2 aromatic carbocycles. The number of allylic oxidation sites excluding steroid dienone is 6. The fourth-order valence-electron chi connectivity index (χ4n) is 3.57. The molecule has 0 saturated heterocycles. The number of carbonyl (C=O) groups excluding carboxylic acids is 1. The van der Waals surface area contributed by atoms with Crippen LogP contribution in [0.3, 0.4) is 0 Å². The molecule has 0 aliphatic heterocycles. The van der Waals surface area contributed by atoms with Gasteiger partial charge in [0, 0.05) is 11.4 Å². The number of fused-ring (bicyclic) bond motifs is 1. The summed E-state index contributed by atoms with van der Waals surface area (Å²) >= 11 is 0. The molecule has 1 aliphatic rings. The van der Waals surface area contributed by atoms with Gasteiger partial charge in [0.2, 0.25) is 0 Å². The number of hydrogen-bond donors (Lipinski definition) is 1. The molecule has 0 amide bonds. The number of ketones is 1. The zero-order chi connectivity index (χ0) is 33.6. The summed E-state index contributed by atoms with van der Waals surface area (Å²) in [7, 11) is 0. The van der Waals surface area contributed by atoms with E-state index >= 15 is 0 Å². The molecule has 2 heteroatoms. The van der Waals surface area contributed by atoms with Crippen molar-refractivity contribution in [3.63, 3.8) is 0 Å². The summed E-state index contributed by atoms with van der Waals surface area (Å²) < 4.78 is 0. The summed E-state index contributed by atoms with van der Waals surface area (Å²) in [6, 6.07) is 17.1. The molecule has 0 aromatic heterocycles. The summed E-state index contributed by atoms with van der Waals surface area (Å²) in [6.45, 7) is 32.0. The van der Waals surface area contributed by atoms with Crippen LogP contribution in [0.15, 0.2) is 96.8 Å². The third-order valence-electron chi connectivity index (χ3n) is 6.38. The van der Waals surface area contributed by atoms with Crippen molar-refractivity contribution >= 4 is 11.5 Å². The number of carbonyl (C=O) groups is 1. The summed E-state index contributed by atoms with van der Waals surface area (Å²) in [4.78, 5) is 10.5. The first-order valence-corrected chi connectivity index (χ1v) is 16.5. The van der Waals surface area contributed by atoms with Gasteiger partial charge in [-0.2, -0.15) is 0 Å². The Morgan fingerprint density at radius 2 is 1.37 bits per heavy atom. The molecule has 1 aliphatic carbocycles. The van der Waals surface area contributed by atoms with E-state index in [0.717, 1.165) is 28.4 Å². The monoisotopic (exact) mass is 590 g/mol. The minimum absolute atomic E-state index is 0.0607. The van der Waals surface area contributed by atoms with Crippen molar-refractivity contribution in [1.82, 2.24) is 0 Å². The lowest BCUT2D eigenvalue weighted by Crippen LogP contribution is -2.05. The fraction of sp³-hybridized carbons (Fsp3) is 0.488. The van der Waals surface area contributed by atoms with Crippen molar-refractivity contribution in [3.05, 3.63) is 113 Å². The number of rotatable bonds is 7. The van der Waals surface area contributed by atoms with Crippen LogP contribution in [0.2, 0.25) is 0 Å². The van der Waals surface area contributed by atoms with Crippen molar-refractivity contribution in [1.29, 1.82) is 0 Å². The quantitative estimate of drug-likeness (QED) is 0.257. The molecule has 3 rings (SSSR count). The van der Waals surface area contributed by atoms with Gasteiger partial charge in [0.1, 0.15) is 0 Å². The number of anilines is 1. The molecule has 1 N–H and O–H groups in total. The van der Waals surface area contributed by atoms with Gasteiger partial charge in [0.05, 0.1) is 0 Å². The molecule has 1 atom stereocenters. The van der Waals surface area contributed by atoms with Crippen LogP contribution in [0.4, 0.5) is 5.69 Å². The first-order valence-electron chi connectivity index (χ1n) is 16.5. The Morgan fingerprint density at radius 3 is 1.77 bits per heavy atom. The highest BCUT2D eigenvalue weighted by Crippen LogP contribution is 2.30. The van der Waals surface area contributed by atoms with E-state index in [1.165, 1.54) is 57.4 Å². The van der Waals surface area contributed by atoms with Gasteiger partial charge in [-0.05, 0) is 94.7 Å². The smallest absolute Gasteiger partial charge is 0.152 e. The predicted octanol–water partition coefficient (Wildman–Crippen LogP) is 13.4. The van der Waals surface area contributed by atoms with Crippen LogP contribution in [0.25, 0.3) is 0 Å². The first kappa shape index (κ1) is 44.3. The Kier molecular flexibility index (Phi) is 31.3. The second-order valence-corrected chi connectivity index (χ2v) is 10.7. The SMILES string of the molecule is C=C(C)C(/C=C\C(C)=O)=C\C.C=C(C)Nc1ccc(C)cc1.CC.CC1CCCc2ccccc21.CCCC.CCCC. The highest BCUT2D eigenvalue weighted by Gasteiger charge is 2.14. The number of benzene rings is 2. The van der Waals surface area contributed by atoms with E-state index in [2.05, 4.69) is 96.4 Å². The third-order valence-corrected chi connectivity index (χ3v) is 6.38. The van der Waals surface area contributed by atoms with E-state index < -0.39 is 0 Å². The van der Waals surface area contributed by atoms with Crippen LogP contribution in [-0.4, -0.2) is 5.78 Å². The third kappa shape index (κ3) is 26.2. The zero-order valence-electron chi connectivity index (χ0n) is 30.2. The lowest BCUT2D eigenvalue weighted by molar-refractivity contribution is -0.112. The fourth-order valence-corrected chi connectivity index (χ4v) is 3.57. The average molecular weight is 590 g/mol. The molecule has 0 saturated carbocycles. The van der Waals surface area contributed by atoms with E-state index in [1.807, 2.05) is 52.8 Å². The Labute approximate surface area is 268 Å². The molecule has 0 heterocycles. The van der Waals surface area contributed by atoms with Gasteiger partial charge >= 0.3 is 0 Å². The van der Waals surface area contributed by atoms with Crippen molar-refractivity contribution in [2.24, 2.45) is 0 Å². The minimum Gasteiger partial charge on any atom is -0.360 e. The summed E-state index contributed by atoms with van der Waals surface area (Å²) in [5.74, 6) is 0.852. The number of hydrogen-bond acceptors (Lipinski definition) is 2. The lowest BCUT2D eigenvalue weighted by atomic mass is 9.84. The number of aryl methyl sites for hydroxylation is 2. The maximum Gasteiger partial charge on any atom is 0.152 e. The van der Waals surface area contributed by atoms with Gasteiger partial charge in [-0.15, -0.1) is 0 Å². The van der Waals surface area contributed by atoms with Crippen molar-refractivity contribution in [3.8, 4) is 0 Å². The molecule has 0 fully saturated rings. The molecule has 0 bridgehead atoms. The van der Waals surface area contributed by atoms with Crippen LogP contribution < -0.4 is 5.32 Å². The van der Waals surface area contributed by atoms with Crippen LogP contribution in [0, 0.1) is 6.92 Å². The molecular weight excluding hydrogens is 522 g/mol. The van der Waals surface area contributed by atoms with E-state index in [1.54, 1.807) is 23.3 Å². The van der Waals surface area contributed by atoms with Gasteiger partial charge in [0.15, 0.2) is 5.78 Å². The lowest BCUT2D eigenvalue weighted by Gasteiger charge is -2.21. The second-order valence-electron chi connectivity index (χ2n) is 10.7. The van der Waals surface area contributed by atoms with Crippen LogP contribution in [0.1, 0.15) is 137 Å². The molecule has 1 unspecified atom stereocenters. The largest absolute Gasteiger partial charge is 0.360 e. The summed E-state index contributed by atoms with van der Waals surface area (Å²) in [6.07, 6.45) is 14.6. The van der Waals surface area contributed by atoms with Gasteiger partial charge < -0.3 is 5.32 Å². The second kappa shape index (κ2) is 30.3. The highest BCUT2D eigenvalue weighted by molar-refractivity contribution is 5.87. The van der Waals surface area contributed by atoms with Gasteiger partial charge in [0.25, 0.3) is 0 Å². The average Bonchev–Trinajstić information content (AvgIpc) is 3.00. The van der Waals surface area contributed by atoms with Crippen molar-refractivity contribution in [2.75, 3.05) is 5.32 Å². The Balaban J connectivity index is -0.000000484. The molecule has 2 nitrogen and oxygen atoms in total. The van der Waals surface area contributed by atoms with Crippen LogP contribution in [-0.2, 0) is 11.2 Å². The molecule has 43 heavy (non-hydrogen) atoms. The van der Waals surface area contributed by atoms with Crippen molar-refractivity contribution in [2.45, 2.75) is 134 Å². The molecule has 2 aromatic rings. The van der Waals surface area contributed by atoms with Crippen LogP contribution in [0.5, 0.6) is 0 Å². The van der Waals surface area contributed by atoms with Gasteiger partial charge in [-0.25, -0.2) is 0 Å². The van der Waals surface area contributed by atoms with E-state index in [0.29, 0.717) is 0 Å². The Morgan fingerprint density at radius 1 is 0.860 bits per heavy atom. The van der Waals surface area contributed by atoms with Gasteiger partial charge in [-0.3, -0.25) is 4.79 Å². The summed E-state index contributed by atoms with van der Waals surface area (Å²) in [5, 5.41) is 3.14. The minimum atomic E-state index is 0.0607. The van der Waals surface area contributed by atoms with E-state index in [-0.39, 0.29) is 5.78 Å². The van der Waals surface area contributed by atoms with Gasteiger partial charge in [-0.1, -0.05) is 147 Å². The van der Waals surface area contributed by atoms with Crippen LogP contribution >= 0.6 is 0 Å². The highest BCUT2D eigenvalue weighted by atomic mass is 16.1. The molecular formula is C41H67NO. The first-order chi connectivity index (χ1) is 20.5.